The van der Waals surface area contributed by atoms with Crippen LogP contribution < -0.4 is 14.8 Å². The molecule has 1 aromatic heterocycles. The monoisotopic (exact) mass is 259 g/mol. The van der Waals surface area contributed by atoms with Gasteiger partial charge in [-0.1, -0.05) is 6.07 Å². The topological polar surface area (TPSA) is 73.3 Å². The molecule has 1 heterocycles. The van der Waals surface area contributed by atoms with Gasteiger partial charge >= 0.3 is 6.01 Å². The maximum atomic E-state index is 12.0. The lowest BCUT2D eigenvalue weighted by Crippen LogP contribution is -2.12. The van der Waals surface area contributed by atoms with Crippen molar-refractivity contribution in [1.29, 1.82) is 0 Å². The summed E-state index contributed by atoms with van der Waals surface area (Å²) in [6.45, 7) is 0. The fourth-order valence-electron chi connectivity index (χ4n) is 1.45. The van der Waals surface area contributed by atoms with Crippen molar-refractivity contribution in [2.45, 2.75) is 0 Å². The van der Waals surface area contributed by atoms with Crippen LogP contribution in [0.5, 0.6) is 11.8 Å². The summed E-state index contributed by atoms with van der Waals surface area (Å²) in [6, 6.07) is 7.12. The molecule has 0 aliphatic heterocycles. The average molecular weight is 259 g/mol. The molecule has 0 radical (unpaired) electrons. The Hall–Kier alpha value is -2.63. The molecule has 98 valence electrons. The molecule has 2 aromatic rings. The fourth-order valence-corrected chi connectivity index (χ4v) is 1.45. The van der Waals surface area contributed by atoms with Gasteiger partial charge in [-0.25, -0.2) is 9.97 Å². The van der Waals surface area contributed by atoms with Crippen molar-refractivity contribution in [3.63, 3.8) is 0 Å². The first-order valence-corrected chi connectivity index (χ1v) is 5.54. The van der Waals surface area contributed by atoms with Gasteiger partial charge in [-0.2, -0.15) is 0 Å². The van der Waals surface area contributed by atoms with Crippen LogP contribution in [0.15, 0.2) is 36.7 Å². The van der Waals surface area contributed by atoms with Gasteiger partial charge in [0.25, 0.3) is 5.91 Å². The molecule has 0 saturated carbocycles. The number of benzene rings is 1. The Morgan fingerprint density at radius 3 is 2.53 bits per heavy atom. The summed E-state index contributed by atoms with van der Waals surface area (Å²) >= 11 is 0. The van der Waals surface area contributed by atoms with E-state index in [0.29, 0.717) is 17.0 Å². The second-order valence-electron chi connectivity index (χ2n) is 3.64. The first-order chi connectivity index (χ1) is 9.22. The zero-order valence-electron chi connectivity index (χ0n) is 10.6. The second-order valence-corrected chi connectivity index (χ2v) is 3.64. The first-order valence-electron chi connectivity index (χ1n) is 5.54. The number of nitrogens with one attached hydrogen (secondary N) is 1. The SMILES string of the molecule is COc1cccc(C(=O)Nc2cnc(OC)nc2)c1. The summed E-state index contributed by atoms with van der Waals surface area (Å²) in [5.41, 5.74) is 0.990. The van der Waals surface area contributed by atoms with E-state index in [1.165, 1.54) is 19.5 Å². The summed E-state index contributed by atoms with van der Waals surface area (Å²) < 4.78 is 9.90. The molecular weight excluding hydrogens is 246 g/mol. The van der Waals surface area contributed by atoms with Gasteiger partial charge in [0.15, 0.2) is 0 Å². The zero-order valence-corrected chi connectivity index (χ0v) is 10.6. The van der Waals surface area contributed by atoms with Gasteiger partial charge in [-0.15, -0.1) is 0 Å². The van der Waals surface area contributed by atoms with Crippen LogP contribution in [0.2, 0.25) is 0 Å². The maximum Gasteiger partial charge on any atom is 0.316 e. The van der Waals surface area contributed by atoms with Gasteiger partial charge in [-0.3, -0.25) is 4.79 Å². The van der Waals surface area contributed by atoms with Crippen LogP contribution in [-0.4, -0.2) is 30.1 Å². The van der Waals surface area contributed by atoms with Crippen molar-refractivity contribution in [1.82, 2.24) is 9.97 Å². The predicted octanol–water partition coefficient (Wildman–Crippen LogP) is 1.75. The van der Waals surface area contributed by atoms with E-state index >= 15 is 0 Å². The number of aromatic nitrogens is 2. The van der Waals surface area contributed by atoms with E-state index in [2.05, 4.69) is 15.3 Å². The van der Waals surface area contributed by atoms with Crippen LogP contribution in [0.25, 0.3) is 0 Å². The predicted molar refractivity (Wildman–Crippen MR) is 69.5 cm³/mol. The lowest BCUT2D eigenvalue weighted by Gasteiger charge is -2.06. The van der Waals surface area contributed by atoms with Gasteiger partial charge in [0.05, 0.1) is 32.3 Å². The first kappa shape index (κ1) is 12.8. The van der Waals surface area contributed by atoms with Crippen molar-refractivity contribution >= 4 is 11.6 Å². The Balaban J connectivity index is 2.11. The number of hydrogen-bond acceptors (Lipinski definition) is 5. The van der Waals surface area contributed by atoms with Crippen LogP contribution in [0.4, 0.5) is 5.69 Å². The highest BCUT2D eigenvalue weighted by atomic mass is 16.5. The van der Waals surface area contributed by atoms with E-state index in [1.54, 1.807) is 31.4 Å². The number of hydrogen-bond donors (Lipinski definition) is 1. The summed E-state index contributed by atoms with van der Waals surface area (Å²) in [4.78, 5) is 19.8. The molecule has 1 N–H and O–H groups in total. The fraction of sp³-hybridized carbons (Fsp3) is 0.154. The standard InChI is InChI=1S/C13H13N3O3/c1-18-11-5-3-4-9(6-11)12(17)16-10-7-14-13(19-2)15-8-10/h3-8H,1-2H3,(H,16,17). The van der Waals surface area contributed by atoms with E-state index in [-0.39, 0.29) is 11.9 Å². The van der Waals surface area contributed by atoms with Gasteiger partial charge in [0.1, 0.15) is 5.75 Å². The number of amides is 1. The number of carbonyl (C=O) groups excluding carboxylic acids is 1. The third kappa shape index (κ3) is 3.19. The molecule has 6 heteroatoms. The lowest BCUT2D eigenvalue weighted by molar-refractivity contribution is 0.102. The third-order valence-corrected chi connectivity index (χ3v) is 2.40. The molecule has 0 unspecified atom stereocenters. The van der Waals surface area contributed by atoms with Crippen molar-refractivity contribution in [3.05, 3.63) is 42.2 Å². The molecule has 2 rings (SSSR count). The number of carbonyl (C=O) groups is 1. The molecule has 0 atom stereocenters. The highest BCUT2D eigenvalue weighted by molar-refractivity contribution is 6.04. The smallest absolute Gasteiger partial charge is 0.316 e. The summed E-state index contributed by atoms with van der Waals surface area (Å²) in [6.07, 6.45) is 2.95. The highest BCUT2D eigenvalue weighted by Crippen LogP contribution is 2.14. The van der Waals surface area contributed by atoms with E-state index in [9.17, 15) is 4.79 Å². The van der Waals surface area contributed by atoms with Gasteiger partial charge in [-0.05, 0) is 18.2 Å². The van der Waals surface area contributed by atoms with Gasteiger partial charge < -0.3 is 14.8 Å². The van der Waals surface area contributed by atoms with Crippen molar-refractivity contribution in [2.75, 3.05) is 19.5 Å². The molecule has 6 nitrogen and oxygen atoms in total. The molecule has 0 fully saturated rings. The van der Waals surface area contributed by atoms with E-state index in [4.69, 9.17) is 9.47 Å². The minimum Gasteiger partial charge on any atom is -0.497 e. The number of anilines is 1. The molecule has 0 saturated heterocycles. The van der Waals surface area contributed by atoms with Crippen molar-refractivity contribution in [2.24, 2.45) is 0 Å². The van der Waals surface area contributed by atoms with Gasteiger partial charge in [0.2, 0.25) is 0 Å². The van der Waals surface area contributed by atoms with Crippen molar-refractivity contribution < 1.29 is 14.3 Å². The van der Waals surface area contributed by atoms with Crippen LogP contribution in [0.3, 0.4) is 0 Å². The van der Waals surface area contributed by atoms with Crippen LogP contribution in [-0.2, 0) is 0 Å². The van der Waals surface area contributed by atoms with E-state index < -0.39 is 0 Å². The number of rotatable bonds is 4. The molecule has 0 spiro atoms. The molecular formula is C13H13N3O3. The minimum atomic E-state index is -0.257. The van der Waals surface area contributed by atoms with Crippen molar-refractivity contribution in [3.8, 4) is 11.8 Å². The number of nitrogens with zero attached hydrogens (tertiary/aromatic N) is 2. The summed E-state index contributed by atoms with van der Waals surface area (Å²) in [7, 11) is 3.03. The summed E-state index contributed by atoms with van der Waals surface area (Å²) in [5.74, 6) is 0.367. The minimum absolute atomic E-state index is 0.249. The Morgan fingerprint density at radius 1 is 1.16 bits per heavy atom. The van der Waals surface area contributed by atoms with Crippen LogP contribution in [0, 0.1) is 0 Å². The number of methoxy groups -OCH3 is 2. The van der Waals surface area contributed by atoms with Gasteiger partial charge in [0, 0.05) is 5.56 Å². The molecule has 1 amide bonds. The number of ether oxygens (including phenoxy) is 2. The molecule has 0 aliphatic carbocycles. The van der Waals surface area contributed by atoms with Crippen LogP contribution in [0.1, 0.15) is 10.4 Å². The Morgan fingerprint density at radius 2 is 1.89 bits per heavy atom. The average Bonchev–Trinajstić information content (AvgIpc) is 2.48. The molecule has 0 aliphatic rings. The van der Waals surface area contributed by atoms with E-state index in [0.717, 1.165) is 0 Å². The quantitative estimate of drug-likeness (QED) is 0.905. The Labute approximate surface area is 110 Å². The molecule has 1 aromatic carbocycles. The van der Waals surface area contributed by atoms with E-state index in [1.807, 2.05) is 0 Å². The largest absolute Gasteiger partial charge is 0.497 e. The second kappa shape index (κ2) is 5.81. The highest BCUT2D eigenvalue weighted by Gasteiger charge is 2.07. The van der Waals surface area contributed by atoms with Crippen LogP contribution >= 0.6 is 0 Å². The Bertz CT molecular complexity index is 570. The Kier molecular flexibility index (Phi) is 3.92. The zero-order chi connectivity index (χ0) is 13.7. The maximum absolute atomic E-state index is 12.0. The summed E-state index contributed by atoms with van der Waals surface area (Å²) in [5, 5.41) is 2.69. The lowest BCUT2D eigenvalue weighted by atomic mass is 10.2. The normalized spacial score (nSPS) is 9.79. The molecule has 19 heavy (non-hydrogen) atoms. The third-order valence-electron chi connectivity index (χ3n) is 2.40. The molecule has 0 bridgehead atoms.